The van der Waals surface area contributed by atoms with Gasteiger partial charge < -0.3 is 4.90 Å². The van der Waals surface area contributed by atoms with Crippen molar-refractivity contribution in [2.24, 2.45) is 4.99 Å². The van der Waals surface area contributed by atoms with Gasteiger partial charge in [0.1, 0.15) is 0 Å². The van der Waals surface area contributed by atoms with Crippen molar-refractivity contribution in [3.05, 3.63) is 85.5 Å². The van der Waals surface area contributed by atoms with E-state index in [4.69, 9.17) is 0 Å². The first-order valence-electron chi connectivity index (χ1n) is 7.00. The summed E-state index contributed by atoms with van der Waals surface area (Å²) in [6.07, 6.45) is 5.67. The molecule has 0 heterocycles. The van der Waals surface area contributed by atoms with Gasteiger partial charge in [-0.2, -0.15) is 0 Å². The summed E-state index contributed by atoms with van der Waals surface area (Å²) < 4.78 is 0. The quantitative estimate of drug-likeness (QED) is 0.532. The van der Waals surface area contributed by atoms with Crippen LogP contribution < -0.4 is 4.90 Å². The van der Waals surface area contributed by atoms with E-state index < -0.39 is 0 Å². The minimum absolute atomic E-state index is 0.768. The van der Waals surface area contributed by atoms with Crippen molar-refractivity contribution in [3.63, 3.8) is 0 Å². The Bertz CT molecular complexity index is 604. The third kappa shape index (κ3) is 4.18. The van der Waals surface area contributed by atoms with E-state index in [-0.39, 0.29) is 0 Å². The van der Waals surface area contributed by atoms with Crippen LogP contribution in [0.15, 0.2) is 84.9 Å². The Kier molecular flexibility index (Phi) is 5.53. The molecule has 2 aromatic carbocycles. The first-order valence-corrected chi connectivity index (χ1v) is 7.00. The van der Waals surface area contributed by atoms with Gasteiger partial charge in [0.2, 0.25) is 0 Å². The molecule has 0 spiro atoms. The van der Waals surface area contributed by atoms with Crippen LogP contribution >= 0.6 is 0 Å². The second-order valence-corrected chi connectivity index (χ2v) is 4.64. The lowest BCUT2D eigenvalue weighted by Crippen LogP contribution is -2.23. The van der Waals surface area contributed by atoms with Gasteiger partial charge in [0.25, 0.3) is 0 Å². The van der Waals surface area contributed by atoms with Crippen molar-refractivity contribution >= 4 is 17.6 Å². The summed E-state index contributed by atoms with van der Waals surface area (Å²) in [6, 6.07) is 18.2. The minimum Gasteiger partial charge on any atom is -0.362 e. The van der Waals surface area contributed by atoms with Crippen LogP contribution in [0.1, 0.15) is 5.56 Å². The molecule has 0 fully saturated rings. The van der Waals surface area contributed by atoms with E-state index in [1.165, 1.54) is 0 Å². The molecule has 0 amide bonds. The molecule has 21 heavy (non-hydrogen) atoms. The van der Waals surface area contributed by atoms with Crippen molar-refractivity contribution in [3.8, 4) is 0 Å². The molecule has 0 bridgehead atoms. The number of rotatable bonds is 7. The Morgan fingerprint density at radius 3 is 2.14 bits per heavy atom. The van der Waals surface area contributed by atoms with Crippen molar-refractivity contribution in [2.75, 3.05) is 18.0 Å². The van der Waals surface area contributed by atoms with Crippen LogP contribution in [0.2, 0.25) is 0 Å². The molecule has 2 nitrogen and oxygen atoms in total. The van der Waals surface area contributed by atoms with Gasteiger partial charge in [-0.1, -0.05) is 54.6 Å². The average molecular weight is 276 g/mol. The van der Waals surface area contributed by atoms with Crippen LogP contribution in [-0.2, 0) is 0 Å². The standard InChI is InChI=1S/C19H20N2/c1-3-14-21(15-4-2)19-13-9-8-12-18(19)20-16-17-10-6-5-7-11-17/h3-13,16H,1-2,14-15H2. The lowest BCUT2D eigenvalue weighted by Gasteiger charge is -2.23. The molecule has 0 saturated heterocycles. The Labute approximate surface area is 126 Å². The van der Waals surface area contributed by atoms with Crippen LogP contribution in [0.4, 0.5) is 11.4 Å². The maximum Gasteiger partial charge on any atom is 0.0863 e. The van der Waals surface area contributed by atoms with Gasteiger partial charge in [0, 0.05) is 19.3 Å². The summed E-state index contributed by atoms with van der Waals surface area (Å²) in [5.41, 5.74) is 3.13. The fourth-order valence-electron chi connectivity index (χ4n) is 2.11. The third-order valence-corrected chi connectivity index (χ3v) is 3.07. The van der Waals surface area contributed by atoms with E-state index in [2.05, 4.69) is 29.1 Å². The van der Waals surface area contributed by atoms with Crippen molar-refractivity contribution < 1.29 is 0 Å². The Hall–Kier alpha value is -2.61. The normalized spacial score (nSPS) is 10.5. The zero-order valence-corrected chi connectivity index (χ0v) is 12.2. The number of hydrogen-bond acceptors (Lipinski definition) is 2. The van der Waals surface area contributed by atoms with Gasteiger partial charge in [0.15, 0.2) is 0 Å². The highest BCUT2D eigenvalue weighted by atomic mass is 15.1. The molecule has 106 valence electrons. The zero-order chi connectivity index (χ0) is 14.9. The molecule has 0 N–H and O–H groups in total. The third-order valence-electron chi connectivity index (χ3n) is 3.07. The largest absolute Gasteiger partial charge is 0.362 e. The van der Waals surface area contributed by atoms with Crippen LogP contribution in [0.25, 0.3) is 0 Å². The van der Waals surface area contributed by atoms with Gasteiger partial charge in [-0.3, -0.25) is 4.99 Å². The predicted octanol–water partition coefficient (Wildman–Crippen LogP) is 4.62. The highest BCUT2D eigenvalue weighted by Crippen LogP contribution is 2.28. The summed E-state index contributed by atoms with van der Waals surface area (Å²) in [4.78, 5) is 6.82. The van der Waals surface area contributed by atoms with Crippen LogP contribution in [0, 0.1) is 0 Å². The Balaban J connectivity index is 2.29. The van der Waals surface area contributed by atoms with Crippen molar-refractivity contribution in [1.82, 2.24) is 0 Å². The number of hydrogen-bond donors (Lipinski definition) is 0. The van der Waals surface area contributed by atoms with E-state index in [0.29, 0.717) is 0 Å². The van der Waals surface area contributed by atoms with Gasteiger partial charge in [-0.15, -0.1) is 13.2 Å². The summed E-state index contributed by atoms with van der Waals surface area (Å²) in [7, 11) is 0. The smallest absolute Gasteiger partial charge is 0.0863 e. The molecule has 2 aromatic rings. The SMILES string of the molecule is C=CCN(CC=C)c1ccccc1N=Cc1ccccc1. The molecule has 0 aromatic heterocycles. The van der Waals surface area contributed by atoms with Gasteiger partial charge in [-0.25, -0.2) is 0 Å². The molecule has 2 rings (SSSR count). The van der Waals surface area contributed by atoms with E-state index in [1.807, 2.05) is 66.9 Å². The minimum atomic E-state index is 0.768. The first-order chi connectivity index (χ1) is 10.3. The fourth-order valence-corrected chi connectivity index (χ4v) is 2.11. The molecule has 0 aliphatic rings. The number of benzene rings is 2. The topological polar surface area (TPSA) is 15.6 Å². The van der Waals surface area contributed by atoms with E-state index >= 15 is 0 Å². The molecule has 0 atom stereocenters. The highest BCUT2D eigenvalue weighted by Gasteiger charge is 2.07. The van der Waals surface area contributed by atoms with Crippen LogP contribution in [0.5, 0.6) is 0 Å². The lowest BCUT2D eigenvalue weighted by molar-refractivity contribution is 0.956. The van der Waals surface area contributed by atoms with E-state index in [9.17, 15) is 0 Å². The molecular formula is C19H20N2. The van der Waals surface area contributed by atoms with Gasteiger partial charge in [-0.05, 0) is 17.7 Å². The summed E-state index contributed by atoms with van der Waals surface area (Å²) in [6.45, 7) is 9.17. The molecule has 2 heteroatoms. The molecule has 0 saturated carbocycles. The van der Waals surface area contributed by atoms with Crippen LogP contribution in [0.3, 0.4) is 0 Å². The number of para-hydroxylation sites is 2. The van der Waals surface area contributed by atoms with Crippen molar-refractivity contribution in [1.29, 1.82) is 0 Å². The molecular weight excluding hydrogens is 256 g/mol. The second kappa shape index (κ2) is 7.85. The monoisotopic (exact) mass is 276 g/mol. The Morgan fingerprint density at radius 2 is 1.48 bits per heavy atom. The van der Waals surface area contributed by atoms with Crippen molar-refractivity contribution in [2.45, 2.75) is 0 Å². The Morgan fingerprint density at radius 1 is 0.857 bits per heavy atom. The van der Waals surface area contributed by atoms with E-state index in [0.717, 1.165) is 30.0 Å². The van der Waals surface area contributed by atoms with Gasteiger partial charge >= 0.3 is 0 Å². The maximum absolute atomic E-state index is 4.63. The fraction of sp³-hybridized carbons (Fsp3) is 0.105. The number of nitrogens with zero attached hydrogens (tertiary/aromatic N) is 2. The van der Waals surface area contributed by atoms with Gasteiger partial charge in [0.05, 0.1) is 11.4 Å². The summed E-state index contributed by atoms with van der Waals surface area (Å²) in [5.74, 6) is 0. The predicted molar refractivity (Wildman–Crippen MR) is 92.7 cm³/mol. The molecule has 0 aliphatic carbocycles. The zero-order valence-electron chi connectivity index (χ0n) is 12.2. The number of anilines is 1. The highest BCUT2D eigenvalue weighted by molar-refractivity contribution is 5.84. The van der Waals surface area contributed by atoms with Crippen LogP contribution in [-0.4, -0.2) is 19.3 Å². The summed E-state index contributed by atoms with van der Waals surface area (Å²) >= 11 is 0. The maximum atomic E-state index is 4.63. The number of aliphatic imine (C=N–C) groups is 1. The second-order valence-electron chi connectivity index (χ2n) is 4.64. The first kappa shape index (κ1) is 14.8. The summed E-state index contributed by atoms with van der Waals surface area (Å²) in [5, 5.41) is 0. The molecule has 0 unspecified atom stereocenters. The van der Waals surface area contributed by atoms with E-state index in [1.54, 1.807) is 0 Å². The lowest BCUT2D eigenvalue weighted by atomic mass is 10.2. The molecule has 0 radical (unpaired) electrons. The molecule has 0 aliphatic heterocycles. The average Bonchev–Trinajstić information content (AvgIpc) is 2.54.